The Hall–Kier alpha value is -2.38. The first-order valence-electron chi connectivity index (χ1n) is 5.17. The zero-order valence-corrected chi connectivity index (χ0v) is 9.64. The van der Waals surface area contributed by atoms with Crippen molar-refractivity contribution in [3.8, 4) is 0 Å². The fourth-order valence-corrected chi connectivity index (χ4v) is 1.29. The molecule has 0 spiro atoms. The van der Waals surface area contributed by atoms with Crippen LogP contribution in [0.2, 0.25) is 0 Å². The molecule has 0 saturated heterocycles. The largest absolute Gasteiger partial charge is 0.481 e. The van der Waals surface area contributed by atoms with E-state index in [1.165, 1.54) is 6.07 Å². The first-order valence-corrected chi connectivity index (χ1v) is 5.17. The third kappa shape index (κ3) is 3.89. The van der Waals surface area contributed by atoms with Crippen LogP contribution in [-0.2, 0) is 9.59 Å². The highest BCUT2D eigenvalue weighted by Gasteiger charge is 2.22. The summed E-state index contributed by atoms with van der Waals surface area (Å²) in [5.74, 6) is -3.06. The SMILES string of the molecule is Cc1cc(C(=O)N[C@@H](CCC(=O)O)C(=O)O)n[nH]1. The first-order chi connectivity index (χ1) is 8.40. The van der Waals surface area contributed by atoms with Crippen LogP contribution in [0.1, 0.15) is 29.0 Å². The number of hydrogen-bond donors (Lipinski definition) is 4. The number of aromatic amines is 1. The quantitative estimate of drug-likeness (QED) is 0.554. The van der Waals surface area contributed by atoms with E-state index in [4.69, 9.17) is 10.2 Å². The molecular weight excluding hydrogens is 242 g/mol. The standard InChI is InChI=1S/C10H13N3O5/c1-5-4-7(13-12-5)9(16)11-6(10(17)18)2-3-8(14)15/h4,6H,2-3H2,1H3,(H,11,16)(H,12,13)(H,14,15)(H,17,18)/t6-/m0/s1. The summed E-state index contributed by atoms with van der Waals surface area (Å²) in [6.07, 6.45) is -0.517. The van der Waals surface area contributed by atoms with Crippen LogP contribution in [0.25, 0.3) is 0 Å². The predicted molar refractivity (Wildman–Crippen MR) is 59.1 cm³/mol. The van der Waals surface area contributed by atoms with E-state index < -0.39 is 23.9 Å². The number of H-pyrrole nitrogens is 1. The molecule has 0 saturated carbocycles. The molecule has 8 nitrogen and oxygen atoms in total. The topological polar surface area (TPSA) is 132 Å². The Morgan fingerprint density at radius 1 is 1.44 bits per heavy atom. The Morgan fingerprint density at radius 2 is 2.11 bits per heavy atom. The van der Waals surface area contributed by atoms with Gasteiger partial charge in [0.05, 0.1) is 0 Å². The normalized spacial score (nSPS) is 11.8. The average molecular weight is 255 g/mol. The number of aliphatic carboxylic acids is 2. The van der Waals surface area contributed by atoms with Gasteiger partial charge in [0.25, 0.3) is 5.91 Å². The molecule has 18 heavy (non-hydrogen) atoms. The Balaban J connectivity index is 2.63. The molecule has 4 N–H and O–H groups in total. The van der Waals surface area contributed by atoms with Gasteiger partial charge >= 0.3 is 11.9 Å². The second-order valence-electron chi connectivity index (χ2n) is 3.73. The molecule has 0 aliphatic heterocycles. The fourth-order valence-electron chi connectivity index (χ4n) is 1.29. The van der Waals surface area contributed by atoms with Crippen LogP contribution in [0.15, 0.2) is 6.07 Å². The van der Waals surface area contributed by atoms with E-state index in [9.17, 15) is 14.4 Å². The number of carboxylic acid groups (broad SMARTS) is 2. The van der Waals surface area contributed by atoms with E-state index in [0.717, 1.165) is 0 Å². The molecule has 1 heterocycles. The molecule has 1 rings (SSSR count). The minimum absolute atomic E-state index is 0.0640. The first kappa shape index (κ1) is 13.7. The lowest BCUT2D eigenvalue weighted by Gasteiger charge is -2.12. The number of aryl methyl sites for hydroxylation is 1. The van der Waals surface area contributed by atoms with Crippen molar-refractivity contribution in [1.82, 2.24) is 15.5 Å². The highest BCUT2D eigenvalue weighted by molar-refractivity contribution is 5.95. The van der Waals surface area contributed by atoms with Crippen LogP contribution in [0, 0.1) is 6.92 Å². The number of carbonyl (C=O) groups excluding carboxylic acids is 1. The molecule has 0 aromatic carbocycles. The number of hydrogen-bond acceptors (Lipinski definition) is 4. The lowest BCUT2D eigenvalue weighted by atomic mass is 10.1. The maximum Gasteiger partial charge on any atom is 0.326 e. The van der Waals surface area contributed by atoms with Crippen LogP contribution >= 0.6 is 0 Å². The van der Waals surface area contributed by atoms with Crippen molar-refractivity contribution in [3.05, 3.63) is 17.5 Å². The number of aromatic nitrogens is 2. The van der Waals surface area contributed by atoms with E-state index in [1.807, 2.05) is 0 Å². The summed E-state index contributed by atoms with van der Waals surface area (Å²) >= 11 is 0. The van der Waals surface area contributed by atoms with E-state index in [0.29, 0.717) is 5.69 Å². The molecule has 98 valence electrons. The number of nitrogens with one attached hydrogen (secondary N) is 2. The molecule has 1 aromatic rings. The Morgan fingerprint density at radius 3 is 2.56 bits per heavy atom. The van der Waals surface area contributed by atoms with Crippen LogP contribution < -0.4 is 5.32 Å². The van der Waals surface area contributed by atoms with Gasteiger partial charge in [0.15, 0.2) is 0 Å². The summed E-state index contributed by atoms with van der Waals surface area (Å²) in [7, 11) is 0. The minimum Gasteiger partial charge on any atom is -0.481 e. The third-order valence-electron chi connectivity index (χ3n) is 2.19. The molecular formula is C10H13N3O5. The lowest BCUT2D eigenvalue weighted by molar-refractivity contribution is -0.140. The average Bonchev–Trinajstić information content (AvgIpc) is 2.70. The van der Waals surface area contributed by atoms with Crippen molar-refractivity contribution >= 4 is 17.8 Å². The maximum atomic E-state index is 11.6. The van der Waals surface area contributed by atoms with Gasteiger partial charge in [0.2, 0.25) is 0 Å². The Kier molecular flexibility index (Phi) is 4.41. The van der Waals surface area contributed by atoms with Gasteiger partial charge in [-0.2, -0.15) is 5.10 Å². The predicted octanol–water partition coefficient (Wildman–Crippen LogP) is -0.234. The van der Waals surface area contributed by atoms with Crippen molar-refractivity contribution < 1.29 is 24.6 Å². The van der Waals surface area contributed by atoms with Gasteiger partial charge in [-0.25, -0.2) is 4.79 Å². The minimum atomic E-state index is -1.28. The molecule has 0 bridgehead atoms. The van der Waals surface area contributed by atoms with Crippen molar-refractivity contribution in [2.24, 2.45) is 0 Å². The lowest BCUT2D eigenvalue weighted by Crippen LogP contribution is -2.41. The van der Waals surface area contributed by atoms with Crippen molar-refractivity contribution in [2.45, 2.75) is 25.8 Å². The second-order valence-corrected chi connectivity index (χ2v) is 3.73. The number of nitrogens with zero attached hydrogens (tertiary/aromatic N) is 1. The monoisotopic (exact) mass is 255 g/mol. The van der Waals surface area contributed by atoms with Crippen molar-refractivity contribution in [2.75, 3.05) is 0 Å². The van der Waals surface area contributed by atoms with E-state index in [-0.39, 0.29) is 18.5 Å². The van der Waals surface area contributed by atoms with Gasteiger partial charge < -0.3 is 15.5 Å². The molecule has 0 radical (unpaired) electrons. The molecule has 0 fully saturated rings. The van der Waals surface area contributed by atoms with Gasteiger partial charge in [-0.15, -0.1) is 0 Å². The Labute approximate surface area is 102 Å². The van der Waals surface area contributed by atoms with E-state index in [1.54, 1.807) is 6.92 Å². The zero-order chi connectivity index (χ0) is 13.7. The van der Waals surface area contributed by atoms with Gasteiger partial charge in [-0.05, 0) is 19.4 Å². The molecule has 0 aliphatic carbocycles. The Bertz CT molecular complexity index is 468. The molecule has 1 amide bonds. The van der Waals surface area contributed by atoms with Crippen LogP contribution in [-0.4, -0.2) is 44.3 Å². The third-order valence-corrected chi connectivity index (χ3v) is 2.19. The van der Waals surface area contributed by atoms with E-state index in [2.05, 4.69) is 15.5 Å². The van der Waals surface area contributed by atoms with Gasteiger partial charge in [0.1, 0.15) is 11.7 Å². The maximum absolute atomic E-state index is 11.6. The van der Waals surface area contributed by atoms with Crippen molar-refractivity contribution in [3.63, 3.8) is 0 Å². The second kappa shape index (κ2) is 5.80. The number of rotatable bonds is 6. The molecule has 1 aromatic heterocycles. The number of carbonyl (C=O) groups is 3. The smallest absolute Gasteiger partial charge is 0.326 e. The number of amides is 1. The highest BCUT2D eigenvalue weighted by Crippen LogP contribution is 2.02. The summed E-state index contributed by atoms with van der Waals surface area (Å²) in [6.45, 7) is 1.70. The summed E-state index contributed by atoms with van der Waals surface area (Å²) in [5, 5.41) is 25.8. The van der Waals surface area contributed by atoms with E-state index >= 15 is 0 Å². The zero-order valence-electron chi connectivity index (χ0n) is 9.64. The number of carboxylic acids is 2. The summed E-state index contributed by atoms with van der Waals surface area (Å²) < 4.78 is 0. The highest BCUT2D eigenvalue weighted by atomic mass is 16.4. The summed E-state index contributed by atoms with van der Waals surface area (Å²) in [5.41, 5.74) is 0.728. The van der Waals surface area contributed by atoms with Crippen molar-refractivity contribution in [1.29, 1.82) is 0 Å². The molecule has 8 heteroatoms. The summed E-state index contributed by atoms with van der Waals surface area (Å²) in [6, 6.07) is 0.219. The van der Waals surface area contributed by atoms with Crippen LogP contribution in [0.4, 0.5) is 0 Å². The van der Waals surface area contributed by atoms with Crippen LogP contribution in [0.3, 0.4) is 0 Å². The van der Waals surface area contributed by atoms with Gasteiger partial charge in [0, 0.05) is 12.1 Å². The summed E-state index contributed by atoms with van der Waals surface area (Å²) in [4.78, 5) is 32.8. The molecule has 1 atom stereocenters. The molecule has 0 aliphatic rings. The van der Waals surface area contributed by atoms with Gasteiger partial charge in [-0.1, -0.05) is 0 Å². The van der Waals surface area contributed by atoms with Gasteiger partial charge in [-0.3, -0.25) is 14.7 Å². The molecule has 0 unspecified atom stereocenters. The van der Waals surface area contributed by atoms with Crippen LogP contribution in [0.5, 0.6) is 0 Å². The fraction of sp³-hybridized carbons (Fsp3) is 0.400.